The first-order valence-electron chi connectivity index (χ1n) is 6.26. The molecule has 100 valence electrons. The number of aromatic nitrogens is 2. The number of rotatable bonds is 4. The van der Waals surface area contributed by atoms with Crippen molar-refractivity contribution in [3.63, 3.8) is 0 Å². The smallest absolute Gasteiger partial charge is 0.256 e. The van der Waals surface area contributed by atoms with Gasteiger partial charge in [0.2, 0.25) is 0 Å². The molecule has 0 fully saturated rings. The first-order chi connectivity index (χ1) is 9.15. The summed E-state index contributed by atoms with van der Waals surface area (Å²) < 4.78 is 0. The molecular weight excluding hydrogens is 242 g/mol. The lowest BCUT2D eigenvalue weighted by Gasteiger charge is -2.26. The third-order valence-corrected chi connectivity index (χ3v) is 2.95. The number of benzene rings is 1. The number of para-hydroxylation sites is 1. The molecule has 0 unspecified atom stereocenters. The second kappa shape index (κ2) is 5.75. The van der Waals surface area contributed by atoms with Gasteiger partial charge in [-0.3, -0.25) is 14.8 Å². The van der Waals surface area contributed by atoms with Gasteiger partial charge in [0.1, 0.15) is 5.52 Å². The lowest BCUT2D eigenvalue weighted by molar-refractivity contribution is 0.0667. The van der Waals surface area contributed by atoms with Crippen LogP contribution in [0.25, 0.3) is 11.0 Å². The lowest BCUT2D eigenvalue weighted by Crippen LogP contribution is -2.39. The Labute approximate surface area is 111 Å². The predicted molar refractivity (Wildman–Crippen MR) is 72.8 cm³/mol. The molecule has 1 aromatic heterocycles. The molecule has 0 spiro atoms. The molecule has 1 N–H and O–H groups in total. The van der Waals surface area contributed by atoms with E-state index < -0.39 is 0 Å². The number of carbonyl (C=O) groups excluding carboxylic acids is 1. The standard InChI is InChI=1S/C14H17N3O2/c1-10(2)17(8-9-18)14(19)11-4-3-5-12-13(11)16-7-6-15-12/h3-7,10,18H,8-9H2,1-2H3. The van der Waals surface area contributed by atoms with Crippen LogP contribution in [0.1, 0.15) is 24.2 Å². The monoisotopic (exact) mass is 259 g/mol. The molecule has 1 heterocycles. The summed E-state index contributed by atoms with van der Waals surface area (Å²) in [6.07, 6.45) is 3.18. The Kier molecular flexibility index (Phi) is 4.06. The molecule has 0 saturated heterocycles. The maximum atomic E-state index is 12.5. The molecule has 0 aliphatic rings. The van der Waals surface area contributed by atoms with Crippen molar-refractivity contribution in [2.75, 3.05) is 13.2 Å². The van der Waals surface area contributed by atoms with Crippen LogP contribution >= 0.6 is 0 Å². The van der Waals surface area contributed by atoms with Gasteiger partial charge in [-0.25, -0.2) is 0 Å². The van der Waals surface area contributed by atoms with Crippen molar-refractivity contribution >= 4 is 16.9 Å². The fourth-order valence-corrected chi connectivity index (χ4v) is 2.02. The maximum Gasteiger partial charge on any atom is 0.256 e. The van der Waals surface area contributed by atoms with Gasteiger partial charge in [0.15, 0.2) is 0 Å². The van der Waals surface area contributed by atoms with Gasteiger partial charge in [-0.2, -0.15) is 0 Å². The van der Waals surface area contributed by atoms with Gasteiger partial charge >= 0.3 is 0 Å². The van der Waals surface area contributed by atoms with Gasteiger partial charge in [-0.1, -0.05) is 6.07 Å². The van der Waals surface area contributed by atoms with E-state index in [9.17, 15) is 4.79 Å². The van der Waals surface area contributed by atoms with Crippen molar-refractivity contribution in [3.05, 3.63) is 36.2 Å². The highest BCUT2D eigenvalue weighted by Gasteiger charge is 2.20. The van der Waals surface area contributed by atoms with Crippen molar-refractivity contribution in [1.82, 2.24) is 14.9 Å². The molecule has 5 heteroatoms. The predicted octanol–water partition coefficient (Wildman–Crippen LogP) is 1.47. The highest BCUT2D eigenvalue weighted by molar-refractivity contribution is 6.04. The fourth-order valence-electron chi connectivity index (χ4n) is 2.02. The van der Waals surface area contributed by atoms with Crippen LogP contribution in [0.2, 0.25) is 0 Å². The zero-order valence-electron chi connectivity index (χ0n) is 11.1. The summed E-state index contributed by atoms with van der Waals surface area (Å²) in [7, 11) is 0. The van der Waals surface area contributed by atoms with Crippen molar-refractivity contribution < 1.29 is 9.90 Å². The molecule has 1 aromatic carbocycles. The summed E-state index contributed by atoms with van der Waals surface area (Å²) in [6.45, 7) is 4.10. The number of fused-ring (bicyclic) bond motifs is 1. The van der Waals surface area contributed by atoms with E-state index >= 15 is 0 Å². The minimum absolute atomic E-state index is 0.0200. The van der Waals surface area contributed by atoms with E-state index in [4.69, 9.17) is 5.11 Å². The summed E-state index contributed by atoms with van der Waals surface area (Å²) in [4.78, 5) is 22.6. The van der Waals surface area contributed by atoms with Crippen molar-refractivity contribution in [1.29, 1.82) is 0 Å². The van der Waals surface area contributed by atoms with E-state index in [0.717, 1.165) is 0 Å². The highest BCUT2D eigenvalue weighted by Crippen LogP contribution is 2.17. The van der Waals surface area contributed by atoms with E-state index in [2.05, 4.69) is 9.97 Å². The minimum Gasteiger partial charge on any atom is -0.395 e. The van der Waals surface area contributed by atoms with Crippen LogP contribution in [0.3, 0.4) is 0 Å². The number of nitrogens with zero attached hydrogens (tertiary/aromatic N) is 3. The Morgan fingerprint density at radius 1 is 1.32 bits per heavy atom. The fraction of sp³-hybridized carbons (Fsp3) is 0.357. The number of hydrogen-bond donors (Lipinski definition) is 1. The molecular formula is C14H17N3O2. The van der Waals surface area contributed by atoms with Crippen LogP contribution in [-0.4, -0.2) is 45.1 Å². The summed E-state index contributed by atoms with van der Waals surface area (Å²) in [5.41, 5.74) is 1.81. The first kappa shape index (κ1) is 13.4. The van der Waals surface area contributed by atoms with Gasteiger partial charge in [-0.15, -0.1) is 0 Å². The topological polar surface area (TPSA) is 66.3 Å². The Morgan fingerprint density at radius 2 is 2.05 bits per heavy atom. The van der Waals surface area contributed by atoms with Crippen LogP contribution in [0, 0.1) is 0 Å². The Morgan fingerprint density at radius 3 is 2.74 bits per heavy atom. The lowest BCUT2D eigenvalue weighted by atomic mass is 10.1. The Bertz CT molecular complexity index is 578. The number of amides is 1. The number of hydrogen-bond acceptors (Lipinski definition) is 4. The number of aliphatic hydroxyl groups is 1. The van der Waals surface area contributed by atoms with Crippen LogP contribution in [0.15, 0.2) is 30.6 Å². The number of aliphatic hydroxyl groups excluding tert-OH is 1. The van der Waals surface area contributed by atoms with E-state index in [1.54, 1.807) is 29.4 Å². The van der Waals surface area contributed by atoms with E-state index in [1.165, 1.54) is 0 Å². The molecule has 1 amide bonds. The zero-order valence-corrected chi connectivity index (χ0v) is 11.1. The minimum atomic E-state index is -0.129. The Balaban J connectivity index is 2.45. The molecule has 19 heavy (non-hydrogen) atoms. The molecule has 0 atom stereocenters. The van der Waals surface area contributed by atoms with E-state index in [1.807, 2.05) is 19.9 Å². The highest BCUT2D eigenvalue weighted by atomic mass is 16.3. The van der Waals surface area contributed by atoms with Crippen LogP contribution in [0.5, 0.6) is 0 Å². The van der Waals surface area contributed by atoms with Gasteiger partial charge in [0.05, 0.1) is 17.7 Å². The molecule has 0 radical (unpaired) electrons. The number of carbonyl (C=O) groups is 1. The molecule has 2 aromatic rings. The summed E-state index contributed by atoms with van der Waals surface area (Å²) in [5, 5.41) is 9.07. The molecule has 5 nitrogen and oxygen atoms in total. The first-order valence-corrected chi connectivity index (χ1v) is 6.26. The van der Waals surface area contributed by atoms with Crippen LogP contribution in [0.4, 0.5) is 0 Å². The van der Waals surface area contributed by atoms with Gasteiger partial charge in [0, 0.05) is 25.0 Å². The third-order valence-electron chi connectivity index (χ3n) is 2.95. The largest absolute Gasteiger partial charge is 0.395 e. The molecule has 0 aliphatic heterocycles. The second-order valence-corrected chi connectivity index (χ2v) is 4.55. The van der Waals surface area contributed by atoms with E-state index in [-0.39, 0.29) is 18.6 Å². The van der Waals surface area contributed by atoms with Gasteiger partial charge in [-0.05, 0) is 26.0 Å². The third kappa shape index (κ3) is 2.71. The second-order valence-electron chi connectivity index (χ2n) is 4.55. The van der Waals surface area contributed by atoms with Gasteiger partial charge < -0.3 is 10.0 Å². The average Bonchev–Trinajstić information content (AvgIpc) is 2.43. The quantitative estimate of drug-likeness (QED) is 0.903. The molecule has 0 saturated carbocycles. The van der Waals surface area contributed by atoms with Crippen LogP contribution in [-0.2, 0) is 0 Å². The normalized spacial score (nSPS) is 10.9. The molecule has 2 rings (SSSR count). The van der Waals surface area contributed by atoms with Crippen LogP contribution < -0.4 is 0 Å². The maximum absolute atomic E-state index is 12.5. The molecule has 0 bridgehead atoms. The van der Waals surface area contributed by atoms with Crippen molar-refractivity contribution in [2.45, 2.75) is 19.9 Å². The average molecular weight is 259 g/mol. The SMILES string of the molecule is CC(C)N(CCO)C(=O)c1cccc2nccnc12. The van der Waals surface area contributed by atoms with Crippen molar-refractivity contribution in [3.8, 4) is 0 Å². The zero-order chi connectivity index (χ0) is 13.8. The Hall–Kier alpha value is -2.01. The summed E-state index contributed by atoms with van der Waals surface area (Å²) in [5.74, 6) is -0.129. The van der Waals surface area contributed by atoms with Crippen molar-refractivity contribution in [2.24, 2.45) is 0 Å². The summed E-state index contributed by atoms with van der Waals surface area (Å²) in [6, 6.07) is 5.38. The van der Waals surface area contributed by atoms with E-state index in [0.29, 0.717) is 23.1 Å². The van der Waals surface area contributed by atoms with Gasteiger partial charge in [0.25, 0.3) is 5.91 Å². The summed E-state index contributed by atoms with van der Waals surface area (Å²) >= 11 is 0. The molecule has 0 aliphatic carbocycles.